The molecule has 2 aliphatic heterocycles. The summed E-state index contributed by atoms with van der Waals surface area (Å²) in [4.78, 5) is 26.8. The van der Waals surface area contributed by atoms with Crippen LogP contribution in [0.1, 0.15) is 60.4 Å². The molecule has 6 atom stereocenters. The number of aliphatic hydroxyl groups excluding tert-OH is 2. The van der Waals surface area contributed by atoms with Gasteiger partial charge in [0.2, 0.25) is 0 Å². The average Bonchev–Trinajstić information content (AvgIpc) is 3.33. The van der Waals surface area contributed by atoms with Gasteiger partial charge in [-0.3, -0.25) is 0 Å². The summed E-state index contributed by atoms with van der Waals surface area (Å²) in [6, 6.07) is 11.8. The van der Waals surface area contributed by atoms with Crippen molar-refractivity contribution in [3.8, 4) is 11.5 Å². The van der Waals surface area contributed by atoms with Crippen LogP contribution in [0.25, 0.3) is 6.08 Å². The first-order valence-electron chi connectivity index (χ1n) is 14.9. The molecule has 1 saturated heterocycles. The van der Waals surface area contributed by atoms with Crippen molar-refractivity contribution in [3.63, 3.8) is 0 Å². The number of methoxy groups -OCH3 is 1. The van der Waals surface area contributed by atoms with Crippen LogP contribution in [0.5, 0.6) is 11.5 Å². The summed E-state index contributed by atoms with van der Waals surface area (Å²) in [5.41, 5.74) is 0.993. The Bertz CT molecular complexity index is 1350. The van der Waals surface area contributed by atoms with Crippen molar-refractivity contribution in [2.24, 2.45) is 5.92 Å². The normalized spacial score (nSPS) is 25.3. The number of cyclic esters (lactones) is 1. The van der Waals surface area contributed by atoms with E-state index in [0.717, 1.165) is 0 Å². The first-order chi connectivity index (χ1) is 21.5. The summed E-state index contributed by atoms with van der Waals surface area (Å²) in [5.74, 6) is -1.91. The van der Waals surface area contributed by atoms with E-state index in [1.807, 2.05) is 25.1 Å². The first-order valence-corrected chi connectivity index (χ1v) is 14.9. The van der Waals surface area contributed by atoms with Gasteiger partial charge in [0.1, 0.15) is 48.1 Å². The molecule has 0 spiro atoms. The molecule has 0 radical (unpaired) electrons. The highest BCUT2D eigenvalue weighted by Crippen LogP contribution is 2.36. The SMILES string of the molecule is COCOc1cc(OCC(O)CO)cc2c1C(=O)O[C@@H](C)[C@H](C)C=CC(OC(=O)c1ccccc1)[C@H]1OC(C)(C)O[C@H]1CC=C2. The standard InChI is InChI=1S/C34H42O11/c1-21-14-15-27(43-32(37)23-10-7-6-8-11-23)31-28(44-34(3,4)45-31)13-9-12-24-16-26(40-19-25(36)18-35)17-29(41-20-39-5)30(24)33(38)42-22(21)2/h6-12,14-17,21-22,25,27-28,31,35-36H,13,18-20H2,1-5H3/t21-,22+,25?,27?,28+,31-/m1/s1. The fourth-order valence-corrected chi connectivity index (χ4v) is 4.94. The lowest BCUT2D eigenvalue weighted by molar-refractivity contribution is -0.152. The average molecular weight is 627 g/mol. The Balaban J connectivity index is 1.74. The van der Waals surface area contributed by atoms with E-state index in [4.69, 9.17) is 33.2 Å². The molecule has 0 bridgehead atoms. The summed E-state index contributed by atoms with van der Waals surface area (Å²) < 4.78 is 41.0. The minimum atomic E-state index is -1.10. The Hall–Kier alpha value is -3.74. The Morgan fingerprint density at radius 3 is 2.56 bits per heavy atom. The molecule has 11 heteroatoms. The third kappa shape index (κ3) is 9.15. The molecule has 2 aromatic carbocycles. The van der Waals surface area contributed by atoms with Gasteiger partial charge in [-0.1, -0.05) is 43.4 Å². The van der Waals surface area contributed by atoms with Crippen molar-refractivity contribution in [1.29, 1.82) is 0 Å². The van der Waals surface area contributed by atoms with Crippen molar-refractivity contribution < 1.29 is 53.0 Å². The number of ether oxygens (including phenoxy) is 7. The van der Waals surface area contributed by atoms with Gasteiger partial charge in [0.05, 0.1) is 18.3 Å². The van der Waals surface area contributed by atoms with Gasteiger partial charge >= 0.3 is 11.9 Å². The van der Waals surface area contributed by atoms with E-state index in [-0.39, 0.29) is 30.6 Å². The molecule has 0 aliphatic carbocycles. The lowest BCUT2D eigenvalue weighted by Gasteiger charge is -2.26. The van der Waals surface area contributed by atoms with E-state index in [1.165, 1.54) is 13.2 Å². The fourth-order valence-electron chi connectivity index (χ4n) is 4.94. The minimum Gasteiger partial charge on any atom is -0.491 e. The molecule has 0 saturated carbocycles. The van der Waals surface area contributed by atoms with Crippen LogP contribution in [0.2, 0.25) is 0 Å². The largest absolute Gasteiger partial charge is 0.491 e. The molecule has 2 heterocycles. The molecular weight excluding hydrogens is 584 g/mol. The number of hydrogen-bond donors (Lipinski definition) is 2. The van der Waals surface area contributed by atoms with Crippen LogP contribution in [0.4, 0.5) is 0 Å². The topological polar surface area (TPSA) is 139 Å². The maximum Gasteiger partial charge on any atom is 0.342 e. The number of rotatable bonds is 9. The number of hydrogen-bond acceptors (Lipinski definition) is 11. The number of esters is 2. The molecule has 2 aliphatic rings. The highest BCUT2D eigenvalue weighted by atomic mass is 16.8. The number of carbonyl (C=O) groups excluding carboxylic acids is 2. The van der Waals surface area contributed by atoms with E-state index >= 15 is 0 Å². The zero-order valence-electron chi connectivity index (χ0n) is 26.2. The second-order valence-corrected chi connectivity index (χ2v) is 11.5. The maximum atomic E-state index is 13.6. The number of aliphatic hydroxyl groups is 2. The summed E-state index contributed by atoms with van der Waals surface area (Å²) in [5, 5.41) is 19.0. The monoisotopic (exact) mass is 626 g/mol. The summed E-state index contributed by atoms with van der Waals surface area (Å²) in [6.45, 7) is 6.45. The third-order valence-corrected chi connectivity index (χ3v) is 7.40. The molecule has 2 N–H and O–H groups in total. The lowest BCUT2D eigenvalue weighted by Crippen LogP contribution is -2.37. The van der Waals surface area contributed by atoms with Crippen LogP contribution in [0.3, 0.4) is 0 Å². The van der Waals surface area contributed by atoms with Crippen LogP contribution in [-0.4, -0.2) is 85.6 Å². The zero-order valence-corrected chi connectivity index (χ0v) is 26.2. The van der Waals surface area contributed by atoms with Gasteiger partial charge in [0, 0.05) is 19.1 Å². The second-order valence-electron chi connectivity index (χ2n) is 11.5. The Morgan fingerprint density at radius 2 is 1.84 bits per heavy atom. The van der Waals surface area contributed by atoms with Crippen LogP contribution in [0.15, 0.2) is 60.7 Å². The molecule has 11 nitrogen and oxygen atoms in total. The van der Waals surface area contributed by atoms with Gasteiger partial charge in [-0.05, 0) is 57.0 Å². The molecular formula is C34H42O11. The lowest BCUT2D eigenvalue weighted by atomic mass is 9.98. The molecule has 4 rings (SSSR count). The summed E-state index contributed by atoms with van der Waals surface area (Å²) >= 11 is 0. The zero-order chi connectivity index (χ0) is 32.6. The number of benzene rings is 2. The minimum absolute atomic E-state index is 0.145. The molecule has 45 heavy (non-hydrogen) atoms. The van der Waals surface area contributed by atoms with Crippen molar-refractivity contribution >= 4 is 18.0 Å². The number of fused-ring (bicyclic) bond motifs is 2. The van der Waals surface area contributed by atoms with Gasteiger partial charge in [-0.25, -0.2) is 9.59 Å². The van der Waals surface area contributed by atoms with Gasteiger partial charge in [-0.2, -0.15) is 0 Å². The maximum absolute atomic E-state index is 13.6. The third-order valence-electron chi connectivity index (χ3n) is 7.40. The van der Waals surface area contributed by atoms with Gasteiger partial charge in [-0.15, -0.1) is 0 Å². The van der Waals surface area contributed by atoms with Crippen molar-refractivity contribution in [1.82, 2.24) is 0 Å². The Kier molecular flexibility index (Phi) is 11.8. The fraction of sp³-hybridized carbons (Fsp3) is 0.471. The van der Waals surface area contributed by atoms with Gasteiger partial charge in [0.15, 0.2) is 12.6 Å². The van der Waals surface area contributed by atoms with E-state index in [1.54, 1.807) is 63.3 Å². The number of carbonyl (C=O) groups is 2. The van der Waals surface area contributed by atoms with Crippen LogP contribution >= 0.6 is 0 Å². The Labute approximate surface area is 263 Å². The van der Waals surface area contributed by atoms with Gasteiger partial charge < -0.3 is 43.4 Å². The summed E-state index contributed by atoms with van der Waals surface area (Å²) in [7, 11) is 1.46. The first kappa shape index (κ1) is 34.1. The highest BCUT2D eigenvalue weighted by molar-refractivity contribution is 5.97. The van der Waals surface area contributed by atoms with Crippen molar-refractivity contribution in [2.45, 2.75) is 70.4 Å². The summed E-state index contributed by atoms with van der Waals surface area (Å²) in [6.07, 6.45) is 3.84. The van der Waals surface area contributed by atoms with E-state index in [2.05, 4.69) is 0 Å². The molecule has 0 amide bonds. The molecule has 2 aromatic rings. The van der Waals surface area contributed by atoms with Crippen molar-refractivity contribution in [2.75, 3.05) is 27.1 Å². The smallest absolute Gasteiger partial charge is 0.342 e. The van der Waals surface area contributed by atoms with E-state index in [9.17, 15) is 19.8 Å². The van der Waals surface area contributed by atoms with Crippen LogP contribution in [-0.2, 0) is 23.7 Å². The molecule has 0 aromatic heterocycles. The van der Waals surface area contributed by atoms with E-state index in [0.29, 0.717) is 23.3 Å². The Morgan fingerprint density at radius 1 is 1.09 bits per heavy atom. The van der Waals surface area contributed by atoms with Crippen LogP contribution in [0, 0.1) is 5.92 Å². The van der Waals surface area contributed by atoms with Crippen molar-refractivity contribution in [3.05, 3.63) is 77.4 Å². The highest BCUT2D eigenvalue weighted by Gasteiger charge is 2.45. The molecule has 1 fully saturated rings. The van der Waals surface area contributed by atoms with E-state index < -0.39 is 54.9 Å². The predicted molar refractivity (Wildman–Crippen MR) is 164 cm³/mol. The molecule has 244 valence electrons. The quantitative estimate of drug-likeness (QED) is 0.234. The molecule has 2 unspecified atom stereocenters. The second kappa shape index (κ2) is 15.5. The predicted octanol–water partition coefficient (Wildman–Crippen LogP) is 4.30. The van der Waals surface area contributed by atoms with Crippen LogP contribution < -0.4 is 9.47 Å². The van der Waals surface area contributed by atoms with Gasteiger partial charge in [0.25, 0.3) is 0 Å².